The number of rotatable bonds is 4. The average Bonchev–Trinajstić information content (AvgIpc) is 2.77. The number of aromatic carboxylic acids is 1. The summed E-state index contributed by atoms with van der Waals surface area (Å²) in [6.45, 7) is 3.99. The van der Waals surface area contributed by atoms with Gasteiger partial charge in [0, 0.05) is 10.9 Å². The third-order valence-corrected chi connectivity index (χ3v) is 3.61. The van der Waals surface area contributed by atoms with E-state index in [1.165, 1.54) is 0 Å². The Morgan fingerprint density at radius 3 is 2.79 bits per heavy atom. The number of aryl methyl sites for hydroxylation is 2. The topological polar surface area (TPSA) is 68.0 Å². The van der Waals surface area contributed by atoms with E-state index in [9.17, 15) is 4.79 Å². The van der Waals surface area contributed by atoms with Crippen molar-refractivity contribution in [1.82, 2.24) is 14.8 Å². The second-order valence-corrected chi connectivity index (χ2v) is 5.11. The maximum absolute atomic E-state index is 11.0. The molecule has 5 nitrogen and oxygen atoms in total. The Hall–Kier alpha value is -1.69. The number of carbonyl (C=O) groups is 1. The zero-order valence-electron chi connectivity index (χ0n) is 10.7. The van der Waals surface area contributed by atoms with Crippen molar-refractivity contribution in [1.29, 1.82) is 0 Å². The summed E-state index contributed by atoms with van der Waals surface area (Å²) in [5, 5.41) is 13.1. The van der Waals surface area contributed by atoms with E-state index in [2.05, 4.69) is 26.0 Å². The van der Waals surface area contributed by atoms with Crippen molar-refractivity contribution >= 4 is 21.9 Å². The van der Waals surface area contributed by atoms with Crippen LogP contribution in [0.2, 0.25) is 0 Å². The molecule has 19 heavy (non-hydrogen) atoms. The Balaban J connectivity index is 2.52. The van der Waals surface area contributed by atoms with Gasteiger partial charge >= 0.3 is 5.97 Å². The monoisotopic (exact) mass is 323 g/mol. The van der Waals surface area contributed by atoms with Gasteiger partial charge in [-0.2, -0.15) is 0 Å². The van der Waals surface area contributed by atoms with E-state index < -0.39 is 5.97 Å². The highest BCUT2D eigenvalue weighted by Crippen LogP contribution is 2.20. The van der Waals surface area contributed by atoms with Crippen LogP contribution in [0.5, 0.6) is 0 Å². The number of hydrogen-bond donors (Lipinski definition) is 1. The largest absolute Gasteiger partial charge is 0.475 e. The Bertz CT molecular complexity index is 622. The standard InChI is InChI=1S/C13H14BrN3O2/c1-3-4-11-15-12(13(18)19)16-17(11)9-5-6-10(14)8(2)7-9/h5-7H,3-4H2,1-2H3,(H,18,19). The van der Waals surface area contributed by atoms with Crippen LogP contribution in [0.25, 0.3) is 5.69 Å². The second kappa shape index (κ2) is 5.52. The maximum atomic E-state index is 11.0. The van der Waals surface area contributed by atoms with E-state index in [4.69, 9.17) is 5.11 Å². The number of carboxylic acid groups (broad SMARTS) is 1. The Morgan fingerprint density at radius 2 is 2.21 bits per heavy atom. The summed E-state index contributed by atoms with van der Waals surface area (Å²) >= 11 is 3.44. The molecule has 0 aliphatic rings. The van der Waals surface area contributed by atoms with E-state index in [1.54, 1.807) is 4.68 Å². The third kappa shape index (κ3) is 2.84. The summed E-state index contributed by atoms with van der Waals surface area (Å²) in [6.07, 6.45) is 1.57. The van der Waals surface area contributed by atoms with Gasteiger partial charge in [-0.25, -0.2) is 14.5 Å². The molecule has 6 heteroatoms. The molecule has 0 saturated carbocycles. The molecule has 2 rings (SSSR count). The van der Waals surface area contributed by atoms with Gasteiger partial charge < -0.3 is 5.11 Å². The van der Waals surface area contributed by atoms with Crippen LogP contribution in [-0.4, -0.2) is 25.8 Å². The molecular weight excluding hydrogens is 310 g/mol. The van der Waals surface area contributed by atoms with Crippen LogP contribution in [0.3, 0.4) is 0 Å². The number of hydrogen-bond acceptors (Lipinski definition) is 3. The quantitative estimate of drug-likeness (QED) is 0.939. The lowest BCUT2D eigenvalue weighted by molar-refractivity contribution is 0.0683. The molecule has 0 bridgehead atoms. The highest BCUT2D eigenvalue weighted by atomic mass is 79.9. The number of aromatic nitrogens is 3. The lowest BCUT2D eigenvalue weighted by Crippen LogP contribution is -2.04. The van der Waals surface area contributed by atoms with Crippen molar-refractivity contribution in [2.45, 2.75) is 26.7 Å². The van der Waals surface area contributed by atoms with Crippen LogP contribution in [0.4, 0.5) is 0 Å². The highest BCUT2D eigenvalue weighted by Gasteiger charge is 2.16. The van der Waals surface area contributed by atoms with Gasteiger partial charge in [-0.1, -0.05) is 22.9 Å². The minimum Gasteiger partial charge on any atom is -0.475 e. The van der Waals surface area contributed by atoms with E-state index in [0.717, 1.165) is 22.1 Å². The van der Waals surface area contributed by atoms with Crippen LogP contribution < -0.4 is 0 Å². The molecule has 0 amide bonds. The minimum absolute atomic E-state index is 0.163. The third-order valence-electron chi connectivity index (χ3n) is 2.73. The van der Waals surface area contributed by atoms with Gasteiger partial charge in [-0.05, 0) is 37.1 Å². The summed E-state index contributed by atoms with van der Waals surface area (Å²) in [7, 11) is 0. The number of halogens is 1. The predicted molar refractivity (Wildman–Crippen MR) is 74.8 cm³/mol. The molecule has 0 fully saturated rings. The summed E-state index contributed by atoms with van der Waals surface area (Å²) in [5.41, 5.74) is 1.89. The van der Waals surface area contributed by atoms with Crippen LogP contribution >= 0.6 is 15.9 Å². The fourth-order valence-electron chi connectivity index (χ4n) is 1.79. The molecule has 0 aliphatic heterocycles. The van der Waals surface area contributed by atoms with Gasteiger partial charge in [0.1, 0.15) is 5.82 Å². The Kier molecular flexibility index (Phi) is 3.99. The van der Waals surface area contributed by atoms with Gasteiger partial charge in [0.25, 0.3) is 5.82 Å². The van der Waals surface area contributed by atoms with Crippen molar-refractivity contribution in [2.75, 3.05) is 0 Å². The van der Waals surface area contributed by atoms with Gasteiger partial charge in [0.05, 0.1) is 5.69 Å². The summed E-state index contributed by atoms with van der Waals surface area (Å²) in [6, 6.07) is 5.75. The van der Waals surface area contributed by atoms with Crippen molar-refractivity contribution in [3.05, 3.63) is 39.9 Å². The number of benzene rings is 1. The molecule has 0 unspecified atom stereocenters. The first-order valence-corrected chi connectivity index (χ1v) is 6.78. The average molecular weight is 324 g/mol. The summed E-state index contributed by atoms with van der Waals surface area (Å²) in [4.78, 5) is 15.0. The molecule has 100 valence electrons. The number of nitrogens with zero attached hydrogens (tertiary/aromatic N) is 3. The van der Waals surface area contributed by atoms with Crippen molar-refractivity contribution in [3.8, 4) is 5.69 Å². The fraction of sp³-hybridized carbons (Fsp3) is 0.308. The zero-order chi connectivity index (χ0) is 14.0. The molecule has 0 atom stereocenters. The van der Waals surface area contributed by atoms with E-state index in [-0.39, 0.29) is 5.82 Å². The van der Waals surface area contributed by atoms with Crippen molar-refractivity contribution in [2.24, 2.45) is 0 Å². The maximum Gasteiger partial charge on any atom is 0.375 e. The van der Waals surface area contributed by atoms with E-state index in [0.29, 0.717) is 12.2 Å². The molecule has 0 saturated heterocycles. The van der Waals surface area contributed by atoms with Gasteiger partial charge in [-0.3, -0.25) is 0 Å². The summed E-state index contributed by atoms with van der Waals surface area (Å²) < 4.78 is 2.61. The lowest BCUT2D eigenvalue weighted by atomic mass is 10.2. The molecular formula is C13H14BrN3O2. The Morgan fingerprint density at radius 1 is 1.47 bits per heavy atom. The van der Waals surface area contributed by atoms with Gasteiger partial charge in [0.15, 0.2) is 0 Å². The Labute approximate surface area is 119 Å². The molecule has 0 aliphatic carbocycles. The van der Waals surface area contributed by atoms with Gasteiger partial charge in [0.2, 0.25) is 0 Å². The molecule has 0 spiro atoms. The first-order valence-electron chi connectivity index (χ1n) is 5.98. The molecule has 1 aromatic carbocycles. The minimum atomic E-state index is -1.11. The first kappa shape index (κ1) is 13.7. The van der Waals surface area contributed by atoms with Crippen LogP contribution in [-0.2, 0) is 6.42 Å². The first-order chi connectivity index (χ1) is 9.02. The molecule has 1 heterocycles. The van der Waals surface area contributed by atoms with Crippen molar-refractivity contribution < 1.29 is 9.90 Å². The van der Waals surface area contributed by atoms with E-state index in [1.807, 2.05) is 32.0 Å². The van der Waals surface area contributed by atoms with Gasteiger partial charge in [-0.15, -0.1) is 5.10 Å². The van der Waals surface area contributed by atoms with E-state index >= 15 is 0 Å². The van der Waals surface area contributed by atoms with Crippen LogP contribution in [0.15, 0.2) is 22.7 Å². The molecule has 0 radical (unpaired) electrons. The zero-order valence-corrected chi connectivity index (χ0v) is 12.3. The molecule has 1 N–H and O–H groups in total. The fourth-order valence-corrected chi connectivity index (χ4v) is 2.03. The second-order valence-electron chi connectivity index (χ2n) is 4.25. The highest BCUT2D eigenvalue weighted by molar-refractivity contribution is 9.10. The lowest BCUT2D eigenvalue weighted by Gasteiger charge is -2.07. The van der Waals surface area contributed by atoms with Crippen LogP contribution in [0, 0.1) is 6.92 Å². The predicted octanol–water partition coefficient (Wildman–Crippen LogP) is 2.99. The summed E-state index contributed by atoms with van der Waals surface area (Å²) in [5.74, 6) is -0.601. The smallest absolute Gasteiger partial charge is 0.375 e. The van der Waals surface area contributed by atoms with Crippen molar-refractivity contribution in [3.63, 3.8) is 0 Å². The number of carboxylic acids is 1. The SMILES string of the molecule is CCCc1nc(C(=O)O)nn1-c1ccc(Br)c(C)c1. The molecule has 1 aromatic heterocycles. The molecule has 2 aromatic rings. The van der Waals surface area contributed by atoms with Crippen LogP contribution in [0.1, 0.15) is 35.4 Å². The normalized spacial score (nSPS) is 10.7.